The fourth-order valence-electron chi connectivity index (χ4n) is 3.84. The SMILES string of the molecule is Cc1cc(C)cc(C(=O)N2CCC[C@@H](C(=O)N3CCCC3)C2)c1. The van der Waals surface area contributed by atoms with Crippen molar-refractivity contribution in [2.45, 2.75) is 39.5 Å². The fraction of sp³-hybridized carbons (Fsp3) is 0.579. The maximum absolute atomic E-state index is 12.8. The van der Waals surface area contributed by atoms with Crippen molar-refractivity contribution >= 4 is 11.8 Å². The topological polar surface area (TPSA) is 40.6 Å². The van der Waals surface area contributed by atoms with E-state index in [4.69, 9.17) is 0 Å². The molecule has 0 unspecified atom stereocenters. The molecule has 124 valence electrons. The van der Waals surface area contributed by atoms with Crippen molar-refractivity contribution in [3.8, 4) is 0 Å². The Hall–Kier alpha value is -1.84. The van der Waals surface area contributed by atoms with Gasteiger partial charge in [-0.1, -0.05) is 17.2 Å². The third-order valence-corrected chi connectivity index (χ3v) is 4.94. The van der Waals surface area contributed by atoms with Gasteiger partial charge in [0.2, 0.25) is 5.91 Å². The zero-order chi connectivity index (χ0) is 16.4. The van der Waals surface area contributed by atoms with E-state index in [-0.39, 0.29) is 17.7 Å². The molecule has 0 bridgehead atoms. The summed E-state index contributed by atoms with van der Waals surface area (Å²) < 4.78 is 0. The van der Waals surface area contributed by atoms with Gasteiger partial charge < -0.3 is 9.80 Å². The smallest absolute Gasteiger partial charge is 0.253 e. The summed E-state index contributed by atoms with van der Waals surface area (Å²) in [6.07, 6.45) is 4.06. The van der Waals surface area contributed by atoms with Crippen molar-refractivity contribution in [2.24, 2.45) is 5.92 Å². The summed E-state index contributed by atoms with van der Waals surface area (Å²) in [5, 5.41) is 0. The normalized spacial score (nSPS) is 21.6. The molecular weight excluding hydrogens is 288 g/mol. The fourth-order valence-corrected chi connectivity index (χ4v) is 3.84. The van der Waals surface area contributed by atoms with Gasteiger partial charge in [-0.3, -0.25) is 9.59 Å². The number of rotatable bonds is 2. The average molecular weight is 314 g/mol. The first-order valence-corrected chi connectivity index (χ1v) is 8.71. The van der Waals surface area contributed by atoms with Gasteiger partial charge in [0.25, 0.3) is 5.91 Å². The Morgan fingerprint density at radius 1 is 0.913 bits per heavy atom. The van der Waals surface area contributed by atoms with Crippen molar-refractivity contribution in [3.05, 3.63) is 34.9 Å². The van der Waals surface area contributed by atoms with Crippen LogP contribution in [0, 0.1) is 19.8 Å². The van der Waals surface area contributed by atoms with Crippen LogP contribution < -0.4 is 0 Å². The lowest BCUT2D eigenvalue weighted by Crippen LogP contribution is -2.46. The van der Waals surface area contributed by atoms with Gasteiger partial charge in [0.05, 0.1) is 5.92 Å². The van der Waals surface area contributed by atoms with Crippen molar-refractivity contribution in [3.63, 3.8) is 0 Å². The van der Waals surface area contributed by atoms with Gasteiger partial charge >= 0.3 is 0 Å². The molecule has 0 N–H and O–H groups in total. The monoisotopic (exact) mass is 314 g/mol. The number of aryl methyl sites for hydroxylation is 2. The molecule has 2 heterocycles. The highest BCUT2D eigenvalue weighted by Crippen LogP contribution is 2.23. The van der Waals surface area contributed by atoms with Crippen LogP contribution in [0.2, 0.25) is 0 Å². The highest BCUT2D eigenvalue weighted by molar-refractivity contribution is 5.95. The first-order chi connectivity index (χ1) is 11.0. The average Bonchev–Trinajstić information content (AvgIpc) is 3.07. The van der Waals surface area contributed by atoms with Gasteiger partial charge in [-0.2, -0.15) is 0 Å². The summed E-state index contributed by atoms with van der Waals surface area (Å²) in [5.74, 6) is 0.299. The van der Waals surface area contributed by atoms with E-state index >= 15 is 0 Å². The van der Waals surface area contributed by atoms with Crippen LogP contribution in [0.15, 0.2) is 18.2 Å². The van der Waals surface area contributed by atoms with E-state index < -0.39 is 0 Å². The number of likely N-dealkylation sites (tertiary alicyclic amines) is 2. The Labute approximate surface area is 138 Å². The summed E-state index contributed by atoms with van der Waals surface area (Å²) in [7, 11) is 0. The predicted molar refractivity (Wildman–Crippen MR) is 90.4 cm³/mol. The summed E-state index contributed by atoms with van der Waals surface area (Å²) in [5.41, 5.74) is 2.96. The molecule has 0 spiro atoms. The van der Waals surface area contributed by atoms with E-state index in [0.717, 1.165) is 62.0 Å². The molecule has 2 aliphatic rings. The van der Waals surface area contributed by atoms with Gasteiger partial charge in [0.1, 0.15) is 0 Å². The molecule has 23 heavy (non-hydrogen) atoms. The number of carbonyl (C=O) groups is 2. The molecule has 1 atom stereocenters. The van der Waals surface area contributed by atoms with Crippen molar-refractivity contribution in [1.82, 2.24) is 9.80 Å². The number of amides is 2. The minimum Gasteiger partial charge on any atom is -0.342 e. The molecule has 1 aromatic rings. The van der Waals surface area contributed by atoms with E-state index in [1.165, 1.54) is 0 Å². The molecule has 4 nitrogen and oxygen atoms in total. The van der Waals surface area contributed by atoms with Crippen molar-refractivity contribution in [2.75, 3.05) is 26.2 Å². The number of nitrogens with zero attached hydrogens (tertiary/aromatic N) is 2. The Balaban J connectivity index is 1.70. The number of benzene rings is 1. The summed E-state index contributed by atoms with van der Waals surface area (Å²) in [4.78, 5) is 29.2. The third kappa shape index (κ3) is 3.57. The van der Waals surface area contributed by atoms with E-state index in [1.54, 1.807) is 0 Å². The molecule has 2 aliphatic heterocycles. The molecule has 0 radical (unpaired) electrons. The second kappa shape index (κ2) is 6.73. The van der Waals surface area contributed by atoms with E-state index in [9.17, 15) is 9.59 Å². The Morgan fingerprint density at radius 3 is 2.17 bits per heavy atom. The van der Waals surface area contributed by atoms with Crippen molar-refractivity contribution in [1.29, 1.82) is 0 Å². The minimum absolute atomic E-state index is 0.0169. The maximum atomic E-state index is 12.8. The van der Waals surface area contributed by atoms with Crippen LogP contribution in [0.3, 0.4) is 0 Å². The Morgan fingerprint density at radius 2 is 1.52 bits per heavy atom. The minimum atomic E-state index is -0.0169. The molecule has 4 heteroatoms. The first kappa shape index (κ1) is 16.0. The van der Waals surface area contributed by atoms with Gasteiger partial charge in [0.15, 0.2) is 0 Å². The molecule has 2 fully saturated rings. The van der Waals surface area contributed by atoms with Crippen LogP contribution in [0.5, 0.6) is 0 Å². The van der Waals surface area contributed by atoms with Gasteiger partial charge in [-0.25, -0.2) is 0 Å². The summed E-state index contributed by atoms with van der Waals surface area (Å²) in [6, 6.07) is 5.97. The molecule has 1 aromatic carbocycles. The highest BCUT2D eigenvalue weighted by atomic mass is 16.2. The number of hydrogen-bond acceptors (Lipinski definition) is 2. The second-order valence-corrected chi connectivity index (χ2v) is 7.00. The van der Waals surface area contributed by atoms with E-state index in [0.29, 0.717) is 6.54 Å². The van der Waals surface area contributed by atoms with Crippen LogP contribution in [0.1, 0.15) is 47.2 Å². The van der Waals surface area contributed by atoms with Crippen LogP contribution >= 0.6 is 0 Å². The zero-order valence-electron chi connectivity index (χ0n) is 14.2. The van der Waals surface area contributed by atoms with Gasteiger partial charge in [-0.05, 0) is 51.7 Å². The maximum Gasteiger partial charge on any atom is 0.253 e. The lowest BCUT2D eigenvalue weighted by atomic mass is 9.95. The number of piperidine rings is 1. The zero-order valence-corrected chi connectivity index (χ0v) is 14.2. The molecule has 2 amide bonds. The molecule has 0 aliphatic carbocycles. The standard InChI is InChI=1S/C19H26N2O2/c1-14-10-15(2)12-17(11-14)19(23)21-9-5-6-16(13-21)18(22)20-7-3-4-8-20/h10-12,16H,3-9,13H2,1-2H3/t16-/m1/s1. The summed E-state index contributed by atoms with van der Waals surface area (Å²) in [6.45, 7) is 7.14. The molecular formula is C19H26N2O2. The molecule has 0 aromatic heterocycles. The number of hydrogen-bond donors (Lipinski definition) is 0. The quantitative estimate of drug-likeness (QED) is 0.842. The van der Waals surface area contributed by atoms with E-state index in [2.05, 4.69) is 6.07 Å². The third-order valence-electron chi connectivity index (χ3n) is 4.94. The molecule has 0 saturated carbocycles. The Bertz CT molecular complexity index is 585. The summed E-state index contributed by atoms with van der Waals surface area (Å²) >= 11 is 0. The van der Waals surface area contributed by atoms with Gasteiger partial charge in [0, 0.05) is 31.7 Å². The van der Waals surface area contributed by atoms with Crippen molar-refractivity contribution < 1.29 is 9.59 Å². The lowest BCUT2D eigenvalue weighted by Gasteiger charge is -2.34. The van der Waals surface area contributed by atoms with Gasteiger partial charge in [-0.15, -0.1) is 0 Å². The number of carbonyl (C=O) groups excluding carboxylic acids is 2. The Kier molecular flexibility index (Phi) is 4.69. The largest absolute Gasteiger partial charge is 0.342 e. The van der Waals surface area contributed by atoms with Crippen LogP contribution in [0.25, 0.3) is 0 Å². The van der Waals surface area contributed by atoms with Crippen LogP contribution in [-0.4, -0.2) is 47.8 Å². The van der Waals surface area contributed by atoms with E-state index in [1.807, 2.05) is 35.8 Å². The second-order valence-electron chi connectivity index (χ2n) is 7.00. The first-order valence-electron chi connectivity index (χ1n) is 8.71. The molecule has 2 saturated heterocycles. The van der Waals surface area contributed by atoms with Crippen LogP contribution in [-0.2, 0) is 4.79 Å². The molecule has 3 rings (SSSR count). The highest BCUT2D eigenvalue weighted by Gasteiger charge is 2.32. The lowest BCUT2D eigenvalue weighted by molar-refractivity contribution is -0.135. The predicted octanol–water partition coefficient (Wildman–Crippen LogP) is 2.78. The van der Waals surface area contributed by atoms with Crippen LogP contribution in [0.4, 0.5) is 0 Å².